The van der Waals surface area contributed by atoms with Crippen LogP contribution in [0.15, 0.2) is 0 Å². The largest absolute Gasteiger partial charge is 0.341 e. The Bertz CT molecular complexity index is 211. The number of carbonyl (C=O) groups is 1. The van der Waals surface area contributed by atoms with Gasteiger partial charge in [0.25, 0.3) is 0 Å². The minimum absolute atomic E-state index is 0.299. The topological polar surface area (TPSA) is 32.3 Å². The Morgan fingerprint density at radius 2 is 2.40 bits per heavy atom. The molecular formula is C11H22N2OS. The molecule has 2 atom stereocenters. The summed E-state index contributed by atoms with van der Waals surface area (Å²) in [6, 6.07) is 0.299. The number of rotatable bonds is 4. The van der Waals surface area contributed by atoms with Crippen molar-refractivity contribution in [3.05, 3.63) is 0 Å². The molecule has 0 aliphatic carbocycles. The second-order valence-electron chi connectivity index (χ2n) is 4.18. The van der Waals surface area contributed by atoms with Gasteiger partial charge in [-0.05, 0) is 13.5 Å². The molecule has 0 radical (unpaired) electrons. The SMILES string of the molecule is CCNC(C)CC(=O)N1CCSC(C)C1. The number of carbonyl (C=O) groups excluding carboxylic acids is 1. The summed E-state index contributed by atoms with van der Waals surface area (Å²) in [6.07, 6.45) is 0.630. The average Bonchev–Trinajstić information content (AvgIpc) is 2.18. The van der Waals surface area contributed by atoms with Gasteiger partial charge in [0, 0.05) is 36.6 Å². The van der Waals surface area contributed by atoms with E-state index in [4.69, 9.17) is 0 Å². The van der Waals surface area contributed by atoms with Crippen molar-refractivity contribution in [2.75, 3.05) is 25.4 Å². The van der Waals surface area contributed by atoms with Crippen molar-refractivity contribution in [3.63, 3.8) is 0 Å². The summed E-state index contributed by atoms with van der Waals surface area (Å²) < 4.78 is 0. The first-order valence-electron chi connectivity index (χ1n) is 5.76. The standard InChI is InChI=1S/C11H22N2OS/c1-4-12-9(2)7-11(14)13-5-6-15-10(3)8-13/h9-10,12H,4-8H2,1-3H3. The van der Waals surface area contributed by atoms with Gasteiger partial charge in [-0.15, -0.1) is 0 Å². The van der Waals surface area contributed by atoms with E-state index in [-0.39, 0.29) is 0 Å². The van der Waals surface area contributed by atoms with E-state index in [1.165, 1.54) is 0 Å². The number of nitrogens with zero attached hydrogens (tertiary/aromatic N) is 1. The fourth-order valence-electron chi connectivity index (χ4n) is 1.86. The lowest BCUT2D eigenvalue weighted by atomic mass is 10.2. The highest BCUT2D eigenvalue weighted by atomic mass is 32.2. The summed E-state index contributed by atoms with van der Waals surface area (Å²) in [5.41, 5.74) is 0. The van der Waals surface area contributed by atoms with Gasteiger partial charge in [0.15, 0.2) is 0 Å². The van der Waals surface area contributed by atoms with E-state index in [0.29, 0.717) is 23.6 Å². The molecule has 1 heterocycles. The van der Waals surface area contributed by atoms with Gasteiger partial charge in [0.05, 0.1) is 0 Å². The molecule has 1 aliphatic rings. The van der Waals surface area contributed by atoms with Crippen molar-refractivity contribution in [2.24, 2.45) is 0 Å². The molecule has 1 aliphatic heterocycles. The molecule has 1 amide bonds. The van der Waals surface area contributed by atoms with E-state index in [9.17, 15) is 4.79 Å². The molecule has 15 heavy (non-hydrogen) atoms. The lowest BCUT2D eigenvalue weighted by Crippen LogP contribution is -2.43. The second kappa shape index (κ2) is 6.38. The van der Waals surface area contributed by atoms with Crippen LogP contribution in [-0.4, -0.2) is 47.5 Å². The van der Waals surface area contributed by atoms with Crippen LogP contribution < -0.4 is 5.32 Å². The van der Waals surface area contributed by atoms with Crippen LogP contribution in [0.5, 0.6) is 0 Å². The molecule has 0 saturated carbocycles. The number of hydrogen-bond donors (Lipinski definition) is 1. The fraction of sp³-hybridized carbons (Fsp3) is 0.909. The Morgan fingerprint density at radius 3 is 3.00 bits per heavy atom. The minimum Gasteiger partial charge on any atom is -0.341 e. The summed E-state index contributed by atoms with van der Waals surface area (Å²) in [4.78, 5) is 13.9. The van der Waals surface area contributed by atoms with Crippen LogP contribution in [0.2, 0.25) is 0 Å². The summed E-state index contributed by atoms with van der Waals surface area (Å²) in [7, 11) is 0. The van der Waals surface area contributed by atoms with Crippen molar-refractivity contribution >= 4 is 17.7 Å². The number of hydrogen-bond acceptors (Lipinski definition) is 3. The van der Waals surface area contributed by atoms with Gasteiger partial charge in [-0.3, -0.25) is 4.79 Å². The van der Waals surface area contributed by atoms with E-state index in [2.05, 4.69) is 26.1 Å². The normalized spacial score (nSPS) is 23.9. The van der Waals surface area contributed by atoms with Crippen LogP contribution in [-0.2, 0) is 4.79 Å². The highest BCUT2D eigenvalue weighted by Gasteiger charge is 2.22. The van der Waals surface area contributed by atoms with Gasteiger partial charge in [0.1, 0.15) is 0 Å². The smallest absolute Gasteiger partial charge is 0.224 e. The van der Waals surface area contributed by atoms with Crippen LogP contribution in [0.1, 0.15) is 27.2 Å². The lowest BCUT2D eigenvalue weighted by Gasteiger charge is -2.31. The zero-order valence-corrected chi connectivity index (χ0v) is 10.8. The van der Waals surface area contributed by atoms with Gasteiger partial charge in [-0.25, -0.2) is 0 Å². The quantitative estimate of drug-likeness (QED) is 0.791. The molecular weight excluding hydrogens is 208 g/mol. The molecule has 0 aromatic carbocycles. The predicted molar refractivity (Wildman–Crippen MR) is 66.3 cm³/mol. The molecule has 1 saturated heterocycles. The maximum atomic E-state index is 11.9. The Morgan fingerprint density at radius 1 is 1.67 bits per heavy atom. The van der Waals surface area contributed by atoms with Crippen LogP contribution >= 0.6 is 11.8 Å². The lowest BCUT2D eigenvalue weighted by molar-refractivity contribution is -0.131. The Kier molecular flexibility index (Phi) is 5.47. The van der Waals surface area contributed by atoms with Gasteiger partial charge >= 0.3 is 0 Å². The molecule has 0 spiro atoms. The van der Waals surface area contributed by atoms with E-state index in [1.807, 2.05) is 16.7 Å². The Hall–Kier alpha value is -0.220. The van der Waals surface area contributed by atoms with Crippen molar-refractivity contribution < 1.29 is 4.79 Å². The van der Waals surface area contributed by atoms with Crippen molar-refractivity contribution in [3.8, 4) is 0 Å². The highest BCUT2D eigenvalue weighted by molar-refractivity contribution is 7.99. The van der Waals surface area contributed by atoms with E-state index >= 15 is 0 Å². The minimum atomic E-state index is 0.299. The van der Waals surface area contributed by atoms with Crippen molar-refractivity contribution in [1.29, 1.82) is 0 Å². The maximum absolute atomic E-state index is 11.9. The molecule has 0 bridgehead atoms. The Balaban J connectivity index is 2.32. The third kappa shape index (κ3) is 4.43. The monoisotopic (exact) mass is 230 g/mol. The summed E-state index contributed by atoms with van der Waals surface area (Å²) >= 11 is 1.96. The zero-order valence-electron chi connectivity index (χ0n) is 9.95. The number of thioether (sulfide) groups is 1. The molecule has 1 N–H and O–H groups in total. The van der Waals surface area contributed by atoms with Gasteiger partial charge in [-0.2, -0.15) is 11.8 Å². The van der Waals surface area contributed by atoms with Gasteiger partial charge in [0.2, 0.25) is 5.91 Å². The number of amides is 1. The molecule has 3 nitrogen and oxygen atoms in total. The van der Waals surface area contributed by atoms with E-state index in [0.717, 1.165) is 25.4 Å². The van der Waals surface area contributed by atoms with Crippen molar-refractivity contribution in [1.82, 2.24) is 10.2 Å². The summed E-state index contributed by atoms with van der Waals surface area (Å²) in [5.74, 6) is 1.39. The zero-order chi connectivity index (χ0) is 11.3. The first-order chi connectivity index (χ1) is 7.13. The van der Waals surface area contributed by atoms with E-state index < -0.39 is 0 Å². The molecule has 4 heteroatoms. The molecule has 1 rings (SSSR count). The fourth-order valence-corrected chi connectivity index (χ4v) is 2.87. The predicted octanol–water partition coefficient (Wildman–Crippen LogP) is 1.34. The third-order valence-electron chi connectivity index (χ3n) is 2.63. The second-order valence-corrected chi connectivity index (χ2v) is 5.73. The summed E-state index contributed by atoms with van der Waals surface area (Å²) in [5, 5.41) is 3.87. The average molecular weight is 230 g/mol. The highest BCUT2D eigenvalue weighted by Crippen LogP contribution is 2.18. The molecule has 88 valence electrons. The first kappa shape index (κ1) is 12.8. The number of nitrogens with one attached hydrogen (secondary N) is 1. The molecule has 2 unspecified atom stereocenters. The van der Waals surface area contributed by atoms with Crippen molar-refractivity contribution in [2.45, 2.75) is 38.5 Å². The van der Waals surface area contributed by atoms with Crippen LogP contribution in [0.4, 0.5) is 0 Å². The molecule has 1 fully saturated rings. The van der Waals surface area contributed by atoms with Crippen LogP contribution in [0, 0.1) is 0 Å². The maximum Gasteiger partial charge on any atom is 0.224 e. The van der Waals surface area contributed by atoms with Gasteiger partial charge < -0.3 is 10.2 Å². The molecule has 0 aromatic rings. The van der Waals surface area contributed by atoms with Gasteiger partial charge in [-0.1, -0.05) is 13.8 Å². The van der Waals surface area contributed by atoms with Crippen LogP contribution in [0.3, 0.4) is 0 Å². The van der Waals surface area contributed by atoms with E-state index in [1.54, 1.807) is 0 Å². The Labute approximate surface area is 97.0 Å². The summed E-state index contributed by atoms with van der Waals surface area (Å²) in [6.45, 7) is 9.11. The van der Waals surface area contributed by atoms with Crippen LogP contribution in [0.25, 0.3) is 0 Å². The molecule has 0 aromatic heterocycles. The third-order valence-corrected chi connectivity index (χ3v) is 3.76. The first-order valence-corrected chi connectivity index (χ1v) is 6.81.